The van der Waals surface area contributed by atoms with Crippen LogP contribution < -0.4 is 5.73 Å². The van der Waals surface area contributed by atoms with E-state index in [1.54, 1.807) is 18.2 Å². The molecule has 1 atom stereocenters. The molecule has 2 heterocycles. The molecule has 1 aromatic rings. The molecule has 19 heavy (non-hydrogen) atoms. The van der Waals surface area contributed by atoms with E-state index in [2.05, 4.69) is 4.90 Å². The minimum absolute atomic E-state index is 0.0365. The molecule has 2 aliphatic heterocycles. The molecule has 1 aromatic carbocycles. The molecule has 0 bridgehead atoms. The Morgan fingerprint density at radius 1 is 1.26 bits per heavy atom. The monoisotopic (exact) mass is 259 g/mol. The van der Waals surface area contributed by atoms with Gasteiger partial charge in [-0.05, 0) is 38.6 Å². The van der Waals surface area contributed by atoms with Gasteiger partial charge in [0, 0.05) is 12.2 Å². The molecule has 5 heteroatoms. The summed E-state index contributed by atoms with van der Waals surface area (Å²) in [6.45, 7) is 1.76. The van der Waals surface area contributed by atoms with Crippen LogP contribution in [0.15, 0.2) is 18.2 Å². The summed E-state index contributed by atoms with van der Waals surface area (Å²) in [5.74, 6) is -0.439. The molecule has 3 rings (SSSR count). The first-order valence-electron chi connectivity index (χ1n) is 6.54. The summed E-state index contributed by atoms with van der Waals surface area (Å²) < 4.78 is 0. The van der Waals surface area contributed by atoms with Crippen molar-refractivity contribution in [2.45, 2.75) is 18.9 Å². The van der Waals surface area contributed by atoms with Gasteiger partial charge in [-0.1, -0.05) is 6.07 Å². The molecule has 0 spiro atoms. The largest absolute Gasteiger partial charge is 0.398 e. The third kappa shape index (κ3) is 1.81. The zero-order valence-corrected chi connectivity index (χ0v) is 10.9. The van der Waals surface area contributed by atoms with Crippen molar-refractivity contribution in [3.63, 3.8) is 0 Å². The molecular formula is C14H17N3O2. The van der Waals surface area contributed by atoms with Crippen molar-refractivity contribution in [2.24, 2.45) is 0 Å². The smallest absolute Gasteiger partial charge is 0.263 e. The molecule has 0 radical (unpaired) electrons. The topological polar surface area (TPSA) is 66.6 Å². The number of fused-ring (bicyclic) bond motifs is 1. The summed E-state index contributed by atoms with van der Waals surface area (Å²) in [4.78, 5) is 28.4. The lowest BCUT2D eigenvalue weighted by Crippen LogP contribution is -2.49. The fourth-order valence-electron chi connectivity index (χ4n) is 3.01. The number of hydrogen-bond acceptors (Lipinski definition) is 4. The number of anilines is 1. The van der Waals surface area contributed by atoms with Gasteiger partial charge in [-0.25, -0.2) is 0 Å². The zero-order valence-electron chi connectivity index (χ0n) is 10.9. The number of benzene rings is 1. The van der Waals surface area contributed by atoms with Crippen molar-refractivity contribution in [3.8, 4) is 0 Å². The molecule has 0 saturated carbocycles. The molecule has 1 unspecified atom stereocenters. The van der Waals surface area contributed by atoms with E-state index < -0.39 is 0 Å². The number of imide groups is 1. The summed E-state index contributed by atoms with van der Waals surface area (Å²) in [6, 6.07) is 5.03. The van der Waals surface area contributed by atoms with Crippen LogP contribution in [0.5, 0.6) is 0 Å². The Morgan fingerprint density at radius 2 is 2.05 bits per heavy atom. The summed E-state index contributed by atoms with van der Waals surface area (Å²) >= 11 is 0. The maximum atomic E-state index is 12.4. The third-order valence-corrected chi connectivity index (χ3v) is 3.94. The molecule has 0 aromatic heterocycles. The van der Waals surface area contributed by atoms with E-state index >= 15 is 0 Å². The van der Waals surface area contributed by atoms with E-state index in [1.807, 2.05) is 7.05 Å². The normalized spacial score (nSPS) is 23.8. The van der Waals surface area contributed by atoms with E-state index in [0.717, 1.165) is 25.9 Å². The van der Waals surface area contributed by atoms with E-state index in [1.165, 1.54) is 4.90 Å². The van der Waals surface area contributed by atoms with Crippen LogP contribution in [0, 0.1) is 0 Å². The van der Waals surface area contributed by atoms with Crippen LogP contribution in [0.2, 0.25) is 0 Å². The number of amides is 2. The van der Waals surface area contributed by atoms with Crippen LogP contribution in [-0.4, -0.2) is 47.8 Å². The minimum atomic E-state index is -0.238. The van der Waals surface area contributed by atoms with Gasteiger partial charge in [0.05, 0.1) is 17.2 Å². The Hall–Kier alpha value is -1.88. The maximum Gasteiger partial charge on any atom is 0.263 e. The van der Waals surface area contributed by atoms with Gasteiger partial charge < -0.3 is 10.6 Å². The number of nitrogens with zero attached hydrogens (tertiary/aromatic N) is 2. The number of likely N-dealkylation sites (tertiary alicyclic amines) is 1. The van der Waals surface area contributed by atoms with Crippen LogP contribution in [0.3, 0.4) is 0 Å². The lowest BCUT2D eigenvalue weighted by molar-refractivity contribution is 0.0503. The minimum Gasteiger partial charge on any atom is -0.398 e. The van der Waals surface area contributed by atoms with Crippen molar-refractivity contribution < 1.29 is 9.59 Å². The predicted octanol–water partition coefficient (Wildman–Crippen LogP) is 0.959. The van der Waals surface area contributed by atoms with Crippen molar-refractivity contribution >= 4 is 17.5 Å². The lowest BCUT2D eigenvalue weighted by Gasteiger charge is -2.34. The van der Waals surface area contributed by atoms with Gasteiger partial charge >= 0.3 is 0 Å². The molecule has 2 N–H and O–H groups in total. The zero-order chi connectivity index (χ0) is 13.6. The highest BCUT2D eigenvalue weighted by molar-refractivity contribution is 6.23. The Kier molecular flexibility index (Phi) is 2.78. The maximum absolute atomic E-state index is 12.4. The van der Waals surface area contributed by atoms with Crippen LogP contribution in [0.1, 0.15) is 33.6 Å². The Balaban J connectivity index is 1.96. The molecule has 1 saturated heterocycles. The predicted molar refractivity (Wildman–Crippen MR) is 71.9 cm³/mol. The van der Waals surface area contributed by atoms with Crippen molar-refractivity contribution in [3.05, 3.63) is 29.3 Å². The molecule has 0 aliphatic carbocycles. The van der Waals surface area contributed by atoms with E-state index in [4.69, 9.17) is 5.73 Å². The standard InChI is InChI=1S/C14H17N3O2/c1-16-7-3-4-9(8-16)17-13(18)10-5-2-6-11(15)12(10)14(17)19/h2,5-6,9H,3-4,7-8,15H2,1H3. The summed E-state index contributed by atoms with van der Waals surface area (Å²) in [7, 11) is 2.01. The number of piperidine rings is 1. The molecular weight excluding hydrogens is 242 g/mol. The number of hydrogen-bond donors (Lipinski definition) is 1. The highest BCUT2D eigenvalue weighted by Crippen LogP contribution is 2.31. The Morgan fingerprint density at radius 3 is 2.74 bits per heavy atom. The van der Waals surface area contributed by atoms with Gasteiger partial charge in [0.25, 0.3) is 11.8 Å². The highest BCUT2D eigenvalue weighted by Gasteiger charge is 2.41. The van der Waals surface area contributed by atoms with Gasteiger partial charge in [-0.3, -0.25) is 14.5 Å². The van der Waals surface area contributed by atoms with Gasteiger partial charge in [0.2, 0.25) is 0 Å². The van der Waals surface area contributed by atoms with E-state index in [0.29, 0.717) is 16.8 Å². The molecule has 2 amide bonds. The fourth-order valence-corrected chi connectivity index (χ4v) is 3.01. The van der Waals surface area contributed by atoms with E-state index in [-0.39, 0.29) is 17.9 Å². The van der Waals surface area contributed by atoms with Crippen LogP contribution >= 0.6 is 0 Å². The first-order chi connectivity index (χ1) is 9.09. The first kappa shape index (κ1) is 12.2. The molecule has 5 nitrogen and oxygen atoms in total. The number of rotatable bonds is 1. The van der Waals surface area contributed by atoms with Crippen LogP contribution in [0.4, 0.5) is 5.69 Å². The second-order valence-electron chi connectivity index (χ2n) is 5.31. The first-order valence-corrected chi connectivity index (χ1v) is 6.54. The quantitative estimate of drug-likeness (QED) is 0.602. The lowest BCUT2D eigenvalue weighted by atomic mass is 10.0. The average molecular weight is 259 g/mol. The van der Waals surface area contributed by atoms with Crippen molar-refractivity contribution in [1.82, 2.24) is 9.80 Å². The van der Waals surface area contributed by atoms with Crippen molar-refractivity contribution in [1.29, 1.82) is 0 Å². The van der Waals surface area contributed by atoms with Gasteiger partial charge in [-0.2, -0.15) is 0 Å². The number of nitrogens with two attached hydrogens (primary N) is 1. The Labute approximate surface area is 112 Å². The summed E-state index contributed by atoms with van der Waals surface area (Å²) in [6.07, 6.45) is 1.87. The second kappa shape index (κ2) is 4.35. The van der Waals surface area contributed by atoms with Crippen molar-refractivity contribution in [2.75, 3.05) is 25.9 Å². The molecule has 1 fully saturated rings. The third-order valence-electron chi connectivity index (χ3n) is 3.94. The average Bonchev–Trinajstić information content (AvgIpc) is 2.63. The van der Waals surface area contributed by atoms with Gasteiger partial charge in [0.1, 0.15) is 0 Å². The summed E-state index contributed by atoms with van der Waals surface area (Å²) in [5, 5.41) is 0. The Bertz CT molecular complexity index is 556. The van der Waals surface area contributed by atoms with E-state index in [9.17, 15) is 9.59 Å². The second-order valence-corrected chi connectivity index (χ2v) is 5.31. The van der Waals surface area contributed by atoms with Crippen LogP contribution in [-0.2, 0) is 0 Å². The number of nitrogen functional groups attached to an aromatic ring is 1. The SMILES string of the molecule is CN1CCCC(N2C(=O)c3cccc(N)c3C2=O)C1. The van der Waals surface area contributed by atoms with Gasteiger partial charge in [0.15, 0.2) is 0 Å². The van der Waals surface area contributed by atoms with Gasteiger partial charge in [-0.15, -0.1) is 0 Å². The van der Waals surface area contributed by atoms with Crippen LogP contribution in [0.25, 0.3) is 0 Å². The fraction of sp³-hybridized carbons (Fsp3) is 0.429. The summed E-state index contributed by atoms with van der Waals surface area (Å²) in [5.41, 5.74) is 7.04. The number of likely N-dealkylation sites (N-methyl/N-ethyl adjacent to an activating group) is 1. The molecule has 2 aliphatic rings. The molecule has 100 valence electrons. The highest BCUT2D eigenvalue weighted by atomic mass is 16.2. The number of carbonyl (C=O) groups is 2. The number of carbonyl (C=O) groups excluding carboxylic acids is 2.